The first kappa shape index (κ1) is 31.1. The number of hydrogen-bond donors (Lipinski definition) is 0. The van der Waals surface area contributed by atoms with Crippen LogP contribution in [0.15, 0.2) is 40.9 Å². The van der Waals surface area contributed by atoms with Crippen LogP contribution in [-0.4, -0.2) is 33.9 Å². The molecule has 198 valence electrons. The molecule has 2 rings (SSSR count). The van der Waals surface area contributed by atoms with Crippen LogP contribution in [0.3, 0.4) is 0 Å². The number of alkyl halides is 6. The number of Topliss-reactive ketones (excluding diaryl/α,β-unsaturated/α-hetero) is 1. The Labute approximate surface area is 229 Å². The molecule has 0 heterocycles. The van der Waals surface area contributed by atoms with Gasteiger partial charge in [-0.25, -0.2) is 0 Å². The van der Waals surface area contributed by atoms with Gasteiger partial charge in [-0.1, -0.05) is 75.9 Å². The highest BCUT2D eigenvalue weighted by molar-refractivity contribution is 9.10. The van der Waals surface area contributed by atoms with Gasteiger partial charge >= 0.3 is 12.4 Å². The van der Waals surface area contributed by atoms with E-state index in [1.165, 1.54) is 31.2 Å². The summed E-state index contributed by atoms with van der Waals surface area (Å²) < 4.78 is 90.1. The van der Waals surface area contributed by atoms with Gasteiger partial charge in [-0.2, -0.15) is 26.3 Å². The highest BCUT2D eigenvalue weighted by atomic mass is 79.9. The lowest BCUT2D eigenvalue weighted by Gasteiger charge is -2.18. The third-order valence-corrected chi connectivity index (χ3v) is 8.26. The molecule has 0 aliphatic heterocycles. The highest BCUT2D eigenvalue weighted by Crippen LogP contribution is 2.41. The molecule has 0 aliphatic rings. The van der Waals surface area contributed by atoms with Crippen molar-refractivity contribution in [1.82, 2.24) is 0 Å². The normalized spacial score (nSPS) is 15.2. The first-order valence-electron chi connectivity index (χ1n) is 10.1. The topological polar surface area (TPSA) is 34.1 Å². The number of halogens is 10. The van der Waals surface area contributed by atoms with Gasteiger partial charge in [0.05, 0.1) is 21.0 Å². The van der Waals surface area contributed by atoms with Gasteiger partial charge in [-0.05, 0) is 41.3 Å². The smallest absolute Gasteiger partial charge is 0.294 e. The lowest BCUT2D eigenvalue weighted by atomic mass is 9.96. The van der Waals surface area contributed by atoms with Crippen molar-refractivity contribution in [3.8, 4) is 0 Å². The predicted octanol–water partition coefficient (Wildman–Crippen LogP) is 9.29. The average molecular weight is 659 g/mol. The van der Waals surface area contributed by atoms with E-state index < -0.39 is 46.5 Å². The van der Waals surface area contributed by atoms with Gasteiger partial charge in [0.25, 0.3) is 0 Å². The van der Waals surface area contributed by atoms with Crippen LogP contribution in [-0.2, 0) is 10.8 Å². The van der Waals surface area contributed by atoms with E-state index in [1.807, 2.05) is 0 Å². The second kappa shape index (κ2) is 12.7. The number of benzene rings is 2. The Balaban J connectivity index is 2.18. The van der Waals surface area contributed by atoms with Gasteiger partial charge in [-0.3, -0.25) is 9.00 Å². The van der Waals surface area contributed by atoms with Crippen LogP contribution in [0, 0.1) is 5.92 Å². The van der Waals surface area contributed by atoms with Crippen molar-refractivity contribution in [3.05, 3.63) is 72.6 Å². The maximum atomic E-state index is 13.7. The van der Waals surface area contributed by atoms with Crippen LogP contribution >= 0.6 is 50.7 Å². The van der Waals surface area contributed by atoms with E-state index in [0.717, 1.165) is 18.2 Å². The Morgan fingerprint density at radius 2 is 1.64 bits per heavy atom. The van der Waals surface area contributed by atoms with Gasteiger partial charge in [0.2, 0.25) is 0 Å². The molecule has 36 heavy (non-hydrogen) atoms. The van der Waals surface area contributed by atoms with Gasteiger partial charge in [0.1, 0.15) is 5.75 Å². The fraction of sp³-hybridized carbons (Fsp3) is 0.348. The van der Waals surface area contributed by atoms with Crippen molar-refractivity contribution in [2.75, 3.05) is 11.5 Å². The van der Waals surface area contributed by atoms with E-state index in [4.69, 9.17) is 34.8 Å². The van der Waals surface area contributed by atoms with E-state index in [-0.39, 0.29) is 38.4 Å². The summed E-state index contributed by atoms with van der Waals surface area (Å²) in [5, 5.41) is -0.301. The zero-order chi connectivity index (χ0) is 27.4. The third kappa shape index (κ3) is 9.35. The summed E-state index contributed by atoms with van der Waals surface area (Å²) in [4.78, 5) is 12.6. The summed E-state index contributed by atoms with van der Waals surface area (Å²) in [6.45, 7) is 1.52. The summed E-state index contributed by atoms with van der Waals surface area (Å²) in [6.07, 6.45) is -7.23. The molecule has 2 nitrogen and oxygen atoms in total. The molecule has 2 unspecified atom stereocenters. The van der Waals surface area contributed by atoms with Crippen LogP contribution in [0.25, 0.3) is 6.08 Å². The summed E-state index contributed by atoms with van der Waals surface area (Å²) in [5.41, 5.74) is 0.336. The van der Waals surface area contributed by atoms with Crippen molar-refractivity contribution < 1.29 is 35.3 Å². The predicted molar refractivity (Wildman–Crippen MR) is 135 cm³/mol. The fourth-order valence-electron chi connectivity index (χ4n) is 3.28. The molecule has 0 bridgehead atoms. The number of allylic oxidation sites excluding steroid dienone is 1. The highest BCUT2D eigenvalue weighted by Gasteiger charge is 2.39. The number of carbonyl (C=O) groups excluding carboxylic acids is 1. The Morgan fingerprint density at radius 3 is 2.14 bits per heavy atom. The van der Waals surface area contributed by atoms with Crippen LogP contribution < -0.4 is 0 Å². The monoisotopic (exact) mass is 656 g/mol. The Kier molecular flexibility index (Phi) is 10.9. The summed E-state index contributed by atoms with van der Waals surface area (Å²) >= 11 is 20.8. The molecule has 0 saturated heterocycles. The Morgan fingerprint density at radius 1 is 1.06 bits per heavy atom. The lowest BCUT2D eigenvalue weighted by Crippen LogP contribution is -2.23. The largest absolute Gasteiger partial charge is 0.400 e. The summed E-state index contributed by atoms with van der Waals surface area (Å²) in [6, 6.07) is 6.42. The van der Waals surface area contributed by atoms with Crippen LogP contribution in [0.4, 0.5) is 26.3 Å². The van der Waals surface area contributed by atoms with E-state index >= 15 is 0 Å². The van der Waals surface area contributed by atoms with E-state index in [9.17, 15) is 35.3 Å². The van der Waals surface area contributed by atoms with Crippen molar-refractivity contribution in [2.24, 2.45) is 5.92 Å². The van der Waals surface area contributed by atoms with E-state index in [0.29, 0.717) is 10.0 Å². The lowest BCUT2D eigenvalue weighted by molar-refractivity contribution is -0.139. The van der Waals surface area contributed by atoms with Gasteiger partial charge in [0, 0.05) is 33.0 Å². The molecule has 0 aromatic heterocycles. The minimum absolute atomic E-state index is 0.0583. The zero-order valence-corrected chi connectivity index (χ0v) is 23.0. The molecule has 2 aromatic rings. The van der Waals surface area contributed by atoms with Crippen LogP contribution in [0.2, 0.25) is 15.1 Å². The molecule has 3 atom stereocenters. The second-order valence-corrected chi connectivity index (χ2v) is 11.6. The molecule has 0 saturated carbocycles. The number of rotatable bonds is 9. The first-order valence-corrected chi connectivity index (χ1v) is 13.5. The molecule has 0 N–H and O–H groups in total. The van der Waals surface area contributed by atoms with Crippen molar-refractivity contribution in [1.29, 1.82) is 0 Å². The zero-order valence-electron chi connectivity index (χ0n) is 18.3. The van der Waals surface area contributed by atoms with Crippen molar-refractivity contribution in [2.45, 2.75) is 31.6 Å². The summed E-state index contributed by atoms with van der Waals surface area (Å²) in [5.74, 6) is -4.75. The van der Waals surface area contributed by atoms with Gasteiger partial charge < -0.3 is 0 Å². The Bertz CT molecular complexity index is 1140. The second-order valence-electron chi connectivity index (χ2n) is 8.01. The average Bonchev–Trinajstić information content (AvgIpc) is 2.69. The number of carbonyl (C=O) groups is 1. The molecule has 13 heteroatoms. The number of hydrogen-bond acceptors (Lipinski definition) is 2. The molecular weight excluding hydrogens is 641 g/mol. The van der Waals surface area contributed by atoms with Crippen LogP contribution in [0.1, 0.15) is 40.7 Å². The van der Waals surface area contributed by atoms with Gasteiger partial charge in [0.15, 0.2) is 5.78 Å². The molecule has 0 amide bonds. The summed E-state index contributed by atoms with van der Waals surface area (Å²) in [7, 11) is -2.15. The maximum absolute atomic E-state index is 13.7. The SMILES string of the molecule is C[C@@H](CC(=O)c1ccc(/C=C/C(c2cc(Cl)c(Cl)c(Cl)c2)C(F)(F)F)cc1Br)CS(=O)CC(F)(F)F. The van der Waals surface area contributed by atoms with E-state index in [1.54, 1.807) is 0 Å². The first-order chi connectivity index (χ1) is 16.5. The fourth-order valence-corrected chi connectivity index (χ4v) is 5.74. The molecular formula is C23H18BrCl3F6O2S. The molecule has 0 spiro atoms. The van der Waals surface area contributed by atoms with E-state index in [2.05, 4.69) is 15.9 Å². The molecule has 0 radical (unpaired) electrons. The molecule has 0 aliphatic carbocycles. The standard InChI is InChI=1S/C23H18BrCl3F6O2S/c1-12(10-36(35)11-22(28,29)30)6-20(34)15-4-2-13(7-17(15)24)3-5-16(23(31,32)33)14-8-18(25)21(27)19(26)9-14/h2-5,7-9,12,16H,6,10-11H2,1H3/b5-3+/t12-,16?,36?/m0/s1. The minimum atomic E-state index is -4.66. The number of ketones is 1. The maximum Gasteiger partial charge on any atom is 0.400 e. The van der Waals surface area contributed by atoms with Crippen molar-refractivity contribution in [3.63, 3.8) is 0 Å². The molecule has 0 fully saturated rings. The quantitative estimate of drug-likeness (QED) is 0.153. The van der Waals surface area contributed by atoms with Crippen LogP contribution in [0.5, 0.6) is 0 Å². The third-order valence-electron chi connectivity index (χ3n) is 4.82. The molecule has 2 aromatic carbocycles. The minimum Gasteiger partial charge on any atom is -0.294 e. The van der Waals surface area contributed by atoms with Gasteiger partial charge in [-0.15, -0.1) is 0 Å². The Hall–Kier alpha value is -1.07. The van der Waals surface area contributed by atoms with Crippen molar-refractivity contribution >= 4 is 73.4 Å².